The minimum absolute atomic E-state index is 0.149. The normalized spacial score (nSPS) is 11.2. The van der Waals surface area contributed by atoms with E-state index < -0.39 is 35.2 Å². The van der Waals surface area contributed by atoms with Crippen LogP contribution in [-0.2, 0) is 26.9 Å². The maximum atomic E-state index is 12.5. The van der Waals surface area contributed by atoms with Crippen LogP contribution in [0.15, 0.2) is 30.5 Å². The van der Waals surface area contributed by atoms with E-state index in [9.17, 15) is 22.8 Å². The lowest BCUT2D eigenvalue weighted by molar-refractivity contribution is -0.146. The van der Waals surface area contributed by atoms with Crippen LogP contribution >= 0.6 is 34.8 Å². The first-order valence-electron chi connectivity index (χ1n) is 7.18. The molecule has 0 aliphatic heterocycles. The molecule has 0 saturated heterocycles. The number of ether oxygens (including phenoxy) is 1. The van der Waals surface area contributed by atoms with E-state index in [1.165, 1.54) is 12.1 Å². The lowest BCUT2D eigenvalue weighted by Crippen LogP contribution is -2.22. The fourth-order valence-corrected chi connectivity index (χ4v) is 2.40. The molecule has 0 aliphatic rings. The number of benzene rings is 1. The SMILES string of the molecule is O=C(COC(=O)Cc1ccc(Cl)c(Cl)c1)Nc1ncc(C(F)(F)F)cc1Cl. The molecular formula is C16H10Cl3F3N2O3. The van der Waals surface area contributed by atoms with E-state index in [-0.39, 0.29) is 17.3 Å². The van der Waals surface area contributed by atoms with Crippen molar-refractivity contribution in [3.63, 3.8) is 0 Å². The van der Waals surface area contributed by atoms with Gasteiger partial charge in [0.2, 0.25) is 0 Å². The van der Waals surface area contributed by atoms with Crippen molar-refractivity contribution in [1.29, 1.82) is 0 Å². The van der Waals surface area contributed by atoms with Crippen LogP contribution in [0.5, 0.6) is 0 Å². The Kier molecular flexibility index (Phi) is 6.91. The molecule has 0 bridgehead atoms. The molecule has 11 heteroatoms. The maximum Gasteiger partial charge on any atom is 0.417 e. The van der Waals surface area contributed by atoms with Gasteiger partial charge in [-0.15, -0.1) is 0 Å². The standard InChI is InChI=1S/C16H10Cl3F3N2O3/c17-10-2-1-8(3-11(10)18)4-14(26)27-7-13(25)24-15-12(19)5-9(6-23-15)16(20,21)22/h1-3,5-6H,4,7H2,(H,23,24,25). The quantitative estimate of drug-likeness (QED) is 0.678. The molecule has 1 N–H and O–H groups in total. The van der Waals surface area contributed by atoms with Gasteiger partial charge >= 0.3 is 12.1 Å². The Balaban J connectivity index is 1.88. The molecule has 1 aromatic heterocycles. The van der Waals surface area contributed by atoms with Gasteiger partial charge in [0.1, 0.15) is 0 Å². The Morgan fingerprint density at radius 3 is 2.37 bits per heavy atom. The number of rotatable bonds is 5. The van der Waals surface area contributed by atoms with Gasteiger partial charge in [-0.2, -0.15) is 13.2 Å². The molecule has 0 radical (unpaired) electrons. The van der Waals surface area contributed by atoms with E-state index >= 15 is 0 Å². The molecule has 144 valence electrons. The molecule has 2 aromatic rings. The van der Waals surface area contributed by atoms with Gasteiger partial charge in [-0.3, -0.25) is 9.59 Å². The Labute approximate surface area is 166 Å². The summed E-state index contributed by atoms with van der Waals surface area (Å²) in [6.07, 6.45) is -4.24. The molecule has 0 aliphatic carbocycles. The predicted molar refractivity (Wildman–Crippen MR) is 94.0 cm³/mol. The van der Waals surface area contributed by atoms with Gasteiger partial charge in [0.25, 0.3) is 5.91 Å². The van der Waals surface area contributed by atoms with Crippen molar-refractivity contribution in [1.82, 2.24) is 4.98 Å². The van der Waals surface area contributed by atoms with E-state index in [1.54, 1.807) is 6.07 Å². The van der Waals surface area contributed by atoms with Crippen LogP contribution in [0.25, 0.3) is 0 Å². The van der Waals surface area contributed by atoms with Crippen molar-refractivity contribution >= 4 is 52.5 Å². The van der Waals surface area contributed by atoms with E-state index in [0.717, 1.165) is 0 Å². The van der Waals surface area contributed by atoms with Gasteiger partial charge in [-0.25, -0.2) is 4.98 Å². The number of pyridine rings is 1. The summed E-state index contributed by atoms with van der Waals surface area (Å²) in [6, 6.07) is 5.19. The molecule has 1 heterocycles. The molecule has 0 atom stereocenters. The van der Waals surface area contributed by atoms with E-state index in [4.69, 9.17) is 39.5 Å². The van der Waals surface area contributed by atoms with Gasteiger partial charge < -0.3 is 10.1 Å². The molecule has 1 amide bonds. The first-order chi connectivity index (χ1) is 12.6. The molecule has 27 heavy (non-hydrogen) atoms. The Bertz CT molecular complexity index is 876. The third-order valence-corrected chi connectivity index (χ3v) is 4.15. The maximum absolute atomic E-state index is 12.5. The Morgan fingerprint density at radius 2 is 1.78 bits per heavy atom. The molecule has 0 fully saturated rings. The number of carbonyl (C=O) groups is 2. The lowest BCUT2D eigenvalue weighted by Gasteiger charge is -2.10. The monoisotopic (exact) mass is 440 g/mol. The highest BCUT2D eigenvalue weighted by molar-refractivity contribution is 6.42. The van der Waals surface area contributed by atoms with Crippen molar-refractivity contribution < 1.29 is 27.5 Å². The Morgan fingerprint density at radius 1 is 1.07 bits per heavy atom. The van der Waals surface area contributed by atoms with Crippen LogP contribution in [0, 0.1) is 0 Å². The second kappa shape index (κ2) is 8.77. The average molecular weight is 442 g/mol. The smallest absolute Gasteiger partial charge is 0.417 e. The molecule has 5 nitrogen and oxygen atoms in total. The molecule has 1 aromatic carbocycles. The van der Waals surface area contributed by atoms with Crippen LogP contribution in [0.2, 0.25) is 15.1 Å². The zero-order valence-electron chi connectivity index (χ0n) is 13.2. The summed E-state index contributed by atoms with van der Waals surface area (Å²) in [5.41, 5.74) is -0.527. The zero-order chi connectivity index (χ0) is 20.2. The summed E-state index contributed by atoms with van der Waals surface area (Å²) in [5.74, 6) is -1.81. The van der Waals surface area contributed by atoms with Gasteiger partial charge in [-0.1, -0.05) is 40.9 Å². The second-order valence-electron chi connectivity index (χ2n) is 5.19. The minimum Gasteiger partial charge on any atom is -0.455 e. The summed E-state index contributed by atoms with van der Waals surface area (Å²) in [5, 5.41) is 2.35. The Hall–Kier alpha value is -2.03. The van der Waals surface area contributed by atoms with Crippen LogP contribution in [0.3, 0.4) is 0 Å². The third-order valence-electron chi connectivity index (χ3n) is 3.12. The number of anilines is 1. The highest BCUT2D eigenvalue weighted by Crippen LogP contribution is 2.32. The fraction of sp³-hybridized carbons (Fsp3) is 0.188. The average Bonchev–Trinajstić information content (AvgIpc) is 2.57. The number of amides is 1. The first kappa shape index (κ1) is 21.3. The van der Waals surface area contributed by atoms with E-state index in [0.29, 0.717) is 22.8 Å². The van der Waals surface area contributed by atoms with Crippen molar-refractivity contribution in [2.75, 3.05) is 11.9 Å². The lowest BCUT2D eigenvalue weighted by atomic mass is 10.1. The number of alkyl halides is 3. The van der Waals surface area contributed by atoms with Gasteiger partial charge in [0, 0.05) is 6.20 Å². The summed E-state index contributed by atoms with van der Waals surface area (Å²) in [7, 11) is 0. The van der Waals surface area contributed by atoms with Gasteiger partial charge in [0.15, 0.2) is 12.4 Å². The van der Waals surface area contributed by atoms with E-state index in [2.05, 4.69) is 10.3 Å². The first-order valence-corrected chi connectivity index (χ1v) is 8.32. The largest absolute Gasteiger partial charge is 0.455 e. The molecule has 0 unspecified atom stereocenters. The molecule has 0 spiro atoms. The summed E-state index contributed by atoms with van der Waals surface area (Å²) in [4.78, 5) is 26.9. The van der Waals surface area contributed by atoms with Crippen LogP contribution in [0.1, 0.15) is 11.1 Å². The van der Waals surface area contributed by atoms with Crippen LogP contribution in [0.4, 0.5) is 19.0 Å². The number of hydrogen-bond acceptors (Lipinski definition) is 4. The van der Waals surface area contributed by atoms with Gasteiger partial charge in [-0.05, 0) is 23.8 Å². The number of esters is 1. The number of aromatic nitrogens is 1. The molecule has 0 saturated carbocycles. The van der Waals surface area contributed by atoms with Crippen molar-refractivity contribution in [2.45, 2.75) is 12.6 Å². The number of hydrogen-bond donors (Lipinski definition) is 1. The minimum atomic E-state index is -4.61. The predicted octanol–water partition coefficient (Wildman–Crippen LogP) is 4.79. The van der Waals surface area contributed by atoms with Crippen LogP contribution < -0.4 is 5.32 Å². The number of nitrogens with zero attached hydrogens (tertiary/aromatic N) is 1. The van der Waals surface area contributed by atoms with E-state index in [1.807, 2.05) is 0 Å². The number of halogens is 6. The number of nitrogens with one attached hydrogen (secondary N) is 1. The second-order valence-corrected chi connectivity index (χ2v) is 6.41. The number of carbonyl (C=O) groups excluding carboxylic acids is 2. The zero-order valence-corrected chi connectivity index (χ0v) is 15.5. The highest BCUT2D eigenvalue weighted by atomic mass is 35.5. The summed E-state index contributed by atoms with van der Waals surface area (Å²) >= 11 is 17.3. The fourth-order valence-electron chi connectivity index (χ4n) is 1.87. The van der Waals surface area contributed by atoms with Crippen molar-refractivity contribution in [2.24, 2.45) is 0 Å². The van der Waals surface area contributed by atoms with Crippen molar-refractivity contribution in [3.05, 3.63) is 56.7 Å². The molecular weight excluding hydrogens is 432 g/mol. The van der Waals surface area contributed by atoms with Crippen LogP contribution in [-0.4, -0.2) is 23.5 Å². The summed E-state index contributed by atoms with van der Waals surface area (Å²) < 4.78 is 42.4. The highest BCUT2D eigenvalue weighted by Gasteiger charge is 2.31. The topological polar surface area (TPSA) is 68.3 Å². The third kappa shape index (κ3) is 6.27. The summed E-state index contributed by atoms with van der Waals surface area (Å²) in [6.45, 7) is -0.667. The van der Waals surface area contributed by atoms with Crippen molar-refractivity contribution in [3.8, 4) is 0 Å². The molecule has 2 rings (SSSR count). The van der Waals surface area contributed by atoms with Gasteiger partial charge in [0.05, 0.1) is 27.1 Å².